The zero-order chi connectivity index (χ0) is 18.5. The normalized spacial score (nSPS) is 13.6. The molecule has 0 aliphatic heterocycles. The number of hydrogen-bond acceptors (Lipinski definition) is 4. The van der Waals surface area contributed by atoms with E-state index < -0.39 is 11.6 Å². The number of pyridine rings is 1. The van der Waals surface area contributed by atoms with Gasteiger partial charge in [0.1, 0.15) is 29.9 Å². The molecule has 136 valence electrons. The van der Waals surface area contributed by atoms with Crippen LogP contribution in [0.25, 0.3) is 11.1 Å². The van der Waals surface area contributed by atoms with Crippen LogP contribution in [-0.4, -0.2) is 25.3 Å². The Kier molecular flexibility index (Phi) is 5.79. The maximum atomic E-state index is 13.8. The van der Waals surface area contributed by atoms with Crippen LogP contribution in [0.4, 0.5) is 8.78 Å². The van der Waals surface area contributed by atoms with E-state index in [1.165, 1.54) is 12.1 Å². The third-order valence-electron chi connectivity index (χ3n) is 4.48. The van der Waals surface area contributed by atoms with Crippen molar-refractivity contribution < 1.29 is 18.3 Å². The molecule has 1 aromatic heterocycles. The molecule has 0 spiro atoms. The summed E-state index contributed by atoms with van der Waals surface area (Å²) in [7, 11) is 1.56. The first-order valence-electron chi connectivity index (χ1n) is 8.68. The first-order valence-corrected chi connectivity index (χ1v) is 8.68. The second-order valence-electron chi connectivity index (χ2n) is 6.26. The Balaban J connectivity index is 2.21. The van der Waals surface area contributed by atoms with E-state index in [9.17, 15) is 14.0 Å². The summed E-state index contributed by atoms with van der Waals surface area (Å²) in [5.41, 5.74) is 2.82. The molecule has 2 aromatic rings. The Labute approximate surface area is 151 Å². The number of halogens is 2. The van der Waals surface area contributed by atoms with Gasteiger partial charge in [-0.25, -0.2) is 13.8 Å². The van der Waals surface area contributed by atoms with Crippen LogP contribution in [0, 0.1) is 23.0 Å². The number of methoxy groups -OCH3 is 1. The molecular weight excluding hydrogens is 338 g/mol. The van der Waals surface area contributed by atoms with Gasteiger partial charge in [-0.05, 0) is 48.9 Å². The van der Waals surface area contributed by atoms with Gasteiger partial charge in [-0.3, -0.25) is 0 Å². The number of hydrogen-bond donors (Lipinski definition) is 0. The molecule has 0 bridgehead atoms. The summed E-state index contributed by atoms with van der Waals surface area (Å²) in [6.07, 6.45) is 4.47. The van der Waals surface area contributed by atoms with E-state index in [2.05, 4.69) is 11.1 Å². The fraction of sp³-hybridized carbons (Fsp3) is 0.400. The van der Waals surface area contributed by atoms with E-state index >= 15 is 0 Å². The summed E-state index contributed by atoms with van der Waals surface area (Å²) in [6.45, 7) is 0.599. The molecule has 26 heavy (non-hydrogen) atoms. The predicted octanol–water partition coefficient (Wildman–Crippen LogP) is 4.19. The lowest BCUT2D eigenvalue weighted by atomic mass is 9.92. The van der Waals surface area contributed by atoms with Gasteiger partial charge in [0.2, 0.25) is 5.88 Å². The third kappa shape index (κ3) is 3.83. The summed E-state index contributed by atoms with van der Waals surface area (Å²) in [5.74, 6) is -1.15. The highest BCUT2D eigenvalue weighted by atomic mass is 19.1. The molecule has 0 radical (unpaired) electrons. The Morgan fingerprint density at radius 2 is 1.81 bits per heavy atom. The summed E-state index contributed by atoms with van der Waals surface area (Å²) in [4.78, 5) is 4.56. The number of aryl methyl sites for hydroxylation is 1. The van der Waals surface area contributed by atoms with Crippen molar-refractivity contribution in [3.05, 3.63) is 46.7 Å². The molecule has 4 nitrogen and oxygen atoms in total. The van der Waals surface area contributed by atoms with Crippen molar-refractivity contribution >= 4 is 0 Å². The van der Waals surface area contributed by atoms with E-state index in [1.807, 2.05) is 0 Å². The fourth-order valence-electron chi connectivity index (χ4n) is 3.34. The van der Waals surface area contributed by atoms with E-state index in [0.717, 1.165) is 49.4 Å². The zero-order valence-corrected chi connectivity index (χ0v) is 14.6. The minimum Gasteiger partial charge on any atom is -0.474 e. The molecule has 0 fully saturated rings. The quantitative estimate of drug-likeness (QED) is 0.594. The van der Waals surface area contributed by atoms with Gasteiger partial charge in [-0.2, -0.15) is 5.26 Å². The predicted molar refractivity (Wildman–Crippen MR) is 92.9 cm³/mol. The van der Waals surface area contributed by atoms with Crippen LogP contribution >= 0.6 is 0 Å². The van der Waals surface area contributed by atoms with Crippen molar-refractivity contribution in [3.63, 3.8) is 0 Å². The van der Waals surface area contributed by atoms with Crippen molar-refractivity contribution in [1.82, 2.24) is 4.98 Å². The zero-order valence-electron chi connectivity index (χ0n) is 14.6. The fourth-order valence-corrected chi connectivity index (χ4v) is 3.34. The summed E-state index contributed by atoms with van der Waals surface area (Å²) in [5, 5.41) is 9.74. The minimum absolute atomic E-state index is 0.199. The largest absolute Gasteiger partial charge is 0.474 e. The van der Waals surface area contributed by atoms with Gasteiger partial charge in [-0.15, -0.1) is 0 Å². The van der Waals surface area contributed by atoms with Crippen molar-refractivity contribution in [2.75, 3.05) is 20.3 Å². The van der Waals surface area contributed by atoms with Crippen molar-refractivity contribution in [3.8, 4) is 23.1 Å². The second kappa shape index (κ2) is 8.24. The highest BCUT2D eigenvalue weighted by molar-refractivity contribution is 5.77. The van der Waals surface area contributed by atoms with Gasteiger partial charge >= 0.3 is 0 Å². The maximum absolute atomic E-state index is 13.8. The minimum atomic E-state index is -0.676. The number of fused-ring (bicyclic) bond motifs is 1. The van der Waals surface area contributed by atoms with Crippen LogP contribution in [0.2, 0.25) is 0 Å². The lowest BCUT2D eigenvalue weighted by molar-refractivity contribution is 0.143. The van der Waals surface area contributed by atoms with Gasteiger partial charge in [0.05, 0.1) is 6.61 Å². The summed E-state index contributed by atoms with van der Waals surface area (Å²) in [6, 6.07) is 5.46. The summed E-state index contributed by atoms with van der Waals surface area (Å²) >= 11 is 0. The standard InChI is InChI=1S/C20H20F2N2O2/c1-25-7-8-26-20-17(12-23)19(13-9-14(21)11-15(22)10-13)16-5-3-2-4-6-18(16)24-20/h9-11H,2-8H2,1H3. The van der Waals surface area contributed by atoms with Gasteiger partial charge in [0.15, 0.2) is 0 Å². The molecule has 0 saturated heterocycles. The van der Waals surface area contributed by atoms with Crippen LogP contribution in [0.15, 0.2) is 18.2 Å². The Morgan fingerprint density at radius 1 is 1.08 bits per heavy atom. The SMILES string of the molecule is COCCOc1nc2c(c(-c3cc(F)cc(F)c3)c1C#N)CCCCC2. The van der Waals surface area contributed by atoms with Gasteiger partial charge < -0.3 is 9.47 Å². The van der Waals surface area contributed by atoms with Gasteiger partial charge in [-0.1, -0.05) is 6.42 Å². The number of aromatic nitrogens is 1. The number of rotatable bonds is 5. The van der Waals surface area contributed by atoms with E-state index in [1.54, 1.807) is 7.11 Å². The molecular formula is C20H20F2N2O2. The topological polar surface area (TPSA) is 55.1 Å². The maximum Gasteiger partial charge on any atom is 0.232 e. The monoisotopic (exact) mass is 358 g/mol. The van der Waals surface area contributed by atoms with Crippen LogP contribution in [0.5, 0.6) is 5.88 Å². The molecule has 3 rings (SSSR count). The van der Waals surface area contributed by atoms with Crippen molar-refractivity contribution in [2.24, 2.45) is 0 Å². The first kappa shape index (κ1) is 18.3. The molecule has 0 amide bonds. The van der Waals surface area contributed by atoms with Crippen LogP contribution in [-0.2, 0) is 17.6 Å². The van der Waals surface area contributed by atoms with Crippen LogP contribution < -0.4 is 4.74 Å². The van der Waals surface area contributed by atoms with E-state index in [-0.39, 0.29) is 18.1 Å². The number of benzene rings is 1. The van der Waals surface area contributed by atoms with Gasteiger partial charge in [0, 0.05) is 24.4 Å². The van der Waals surface area contributed by atoms with Crippen LogP contribution in [0.3, 0.4) is 0 Å². The lowest BCUT2D eigenvalue weighted by Gasteiger charge is -2.18. The highest BCUT2D eigenvalue weighted by Gasteiger charge is 2.24. The Morgan fingerprint density at radius 3 is 2.50 bits per heavy atom. The van der Waals surface area contributed by atoms with Crippen molar-refractivity contribution in [2.45, 2.75) is 32.1 Å². The molecule has 0 N–H and O–H groups in total. The average Bonchev–Trinajstić information content (AvgIpc) is 2.85. The Bertz CT molecular complexity index is 826. The van der Waals surface area contributed by atoms with Crippen LogP contribution in [0.1, 0.15) is 36.1 Å². The first-order chi connectivity index (χ1) is 12.6. The molecule has 1 aromatic carbocycles. The lowest BCUT2D eigenvalue weighted by Crippen LogP contribution is -2.11. The molecule has 6 heteroatoms. The smallest absolute Gasteiger partial charge is 0.232 e. The average molecular weight is 358 g/mol. The third-order valence-corrected chi connectivity index (χ3v) is 4.48. The Hall–Kier alpha value is -2.52. The molecule has 1 aliphatic carbocycles. The van der Waals surface area contributed by atoms with E-state index in [4.69, 9.17) is 9.47 Å². The van der Waals surface area contributed by atoms with E-state index in [0.29, 0.717) is 17.7 Å². The summed E-state index contributed by atoms with van der Waals surface area (Å²) < 4.78 is 38.3. The number of nitrogens with zero attached hydrogens (tertiary/aromatic N) is 2. The highest BCUT2D eigenvalue weighted by Crippen LogP contribution is 2.37. The number of nitriles is 1. The molecule has 1 aliphatic rings. The van der Waals surface area contributed by atoms with Crippen molar-refractivity contribution in [1.29, 1.82) is 5.26 Å². The van der Waals surface area contributed by atoms with Gasteiger partial charge in [0.25, 0.3) is 0 Å². The molecule has 1 heterocycles. The molecule has 0 unspecified atom stereocenters. The number of ether oxygens (including phenoxy) is 2. The second-order valence-corrected chi connectivity index (χ2v) is 6.26. The molecule has 0 saturated carbocycles. The molecule has 0 atom stereocenters.